The maximum atomic E-state index is 13.8. The second-order valence-corrected chi connectivity index (χ2v) is 8.02. The first-order valence-electron chi connectivity index (χ1n) is 9.60. The Morgan fingerprint density at radius 1 is 1.29 bits per heavy atom. The third-order valence-corrected chi connectivity index (χ3v) is 5.70. The number of pyridine rings is 1. The number of nitrogens with zero attached hydrogens (tertiary/aromatic N) is 2. The monoisotopic (exact) mass is 473 g/mol. The van der Waals surface area contributed by atoms with Gasteiger partial charge in [0.2, 0.25) is 11.8 Å². The van der Waals surface area contributed by atoms with Crippen molar-refractivity contribution < 1.29 is 23.4 Å². The van der Waals surface area contributed by atoms with E-state index in [9.17, 15) is 13.6 Å². The van der Waals surface area contributed by atoms with E-state index in [1.165, 1.54) is 13.2 Å². The van der Waals surface area contributed by atoms with Crippen LogP contribution in [0.3, 0.4) is 0 Å². The minimum Gasteiger partial charge on any atom is -0.480 e. The molecule has 0 atom stereocenters. The Hall–Kier alpha value is -2.10. The van der Waals surface area contributed by atoms with E-state index in [1.807, 2.05) is 24.5 Å². The highest BCUT2D eigenvalue weighted by Crippen LogP contribution is 2.34. The number of anilines is 2. The van der Waals surface area contributed by atoms with Gasteiger partial charge in [-0.05, 0) is 36.9 Å². The zero-order valence-electron chi connectivity index (χ0n) is 17.6. The number of carbonyl (C=O) groups excluding carboxylic acids is 1. The molecule has 6 nitrogen and oxygen atoms in total. The van der Waals surface area contributed by atoms with Gasteiger partial charge in [0.1, 0.15) is 10.8 Å². The van der Waals surface area contributed by atoms with Gasteiger partial charge in [-0.3, -0.25) is 4.79 Å². The number of thioether (sulfide) groups is 1. The van der Waals surface area contributed by atoms with Crippen molar-refractivity contribution in [1.29, 1.82) is 0 Å². The molecule has 10 heteroatoms. The molecule has 0 spiro atoms. The topological polar surface area (TPSA) is 74.7 Å². The maximum Gasteiger partial charge on any atom is 0.259 e. The van der Waals surface area contributed by atoms with Crippen molar-refractivity contribution in [3.63, 3.8) is 0 Å². The second kappa shape index (κ2) is 11.5. The van der Waals surface area contributed by atoms with E-state index in [-0.39, 0.29) is 35.9 Å². The van der Waals surface area contributed by atoms with E-state index in [0.717, 1.165) is 12.0 Å². The molecule has 2 heterocycles. The summed E-state index contributed by atoms with van der Waals surface area (Å²) in [5.41, 5.74) is 0.845. The van der Waals surface area contributed by atoms with E-state index in [1.54, 1.807) is 22.7 Å². The van der Waals surface area contributed by atoms with Crippen LogP contribution in [0.15, 0.2) is 35.2 Å². The van der Waals surface area contributed by atoms with E-state index < -0.39 is 11.8 Å². The highest BCUT2D eigenvalue weighted by Gasteiger charge is 2.33. The Morgan fingerprint density at radius 2 is 2.03 bits per heavy atom. The summed E-state index contributed by atoms with van der Waals surface area (Å²) >= 11 is 7.76. The number of halogens is 3. The molecule has 0 unspecified atom stereocenters. The minimum absolute atomic E-state index is 0.0903. The number of benzene rings is 1. The first kappa shape index (κ1) is 25.2. The molecule has 3 rings (SSSR count). The lowest BCUT2D eigenvalue weighted by Gasteiger charge is -2.24. The number of rotatable bonds is 5. The number of amides is 1. The molecule has 1 aliphatic heterocycles. The van der Waals surface area contributed by atoms with E-state index in [2.05, 4.69) is 10.3 Å². The van der Waals surface area contributed by atoms with Gasteiger partial charge in [-0.1, -0.05) is 17.7 Å². The molecule has 0 bridgehead atoms. The van der Waals surface area contributed by atoms with Crippen LogP contribution in [0.5, 0.6) is 5.88 Å². The van der Waals surface area contributed by atoms with Gasteiger partial charge in [-0.25, -0.2) is 8.78 Å². The predicted octanol–water partition coefficient (Wildman–Crippen LogP) is 4.95. The lowest BCUT2D eigenvalue weighted by molar-refractivity contribution is -0.0102. The molecule has 1 amide bonds. The molecule has 170 valence electrons. The number of methoxy groups -OCH3 is 1. The Bertz CT molecular complexity index is 902. The molecule has 2 N–H and O–H groups in total. The first-order valence-corrected chi connectivity index (χ1v) is 11.2. The number of aromatic nitrogens is 1. The van der Waals surface area contributed by atoms with Gasteiger partial charge in [0.05, 0.1) is 12.7 Å². The van der Waals surface area contributed by atoms with Gasteiger partial charge in [-0.2, -0.15) is 4.98 Å². The zero-order chi connectivity index (χ0) is 23.0. The van der Waals surface area contributed by atoms with Gasteiger partial charge >= 0.3 is 0 Å². The van der Waals surface area contributed by atoms with Gasteiger partial charge in [0, 0.05) is 43.6 Å². The highest BCUT2D eigenvalue weighted by molar-refractivity contribution is 7.98. The fourth-order valence-electron chi connectivity index (χ4n) is 3.19. The van der Waals surface area contributed by atoms with Crippen LogP contribution in [0.1, 0.15) is 29.6 Å². The number of hydrogen-bond acceptors (Lipinski definition) is 6. The largest absolute Gasteiger partial charge is 0.480 e. The van der Waals surface area contributed by atoms with Crippen molar-refractivity contribution in [3.05, 3.63) is 40.9 Å². The molecule has 1 fully saturated rings. The third kappa shape index (κ3) is 6.69. The Labute approximate surface area is 189 Å². The second-order valence-electron chi connectivity index (χ2n) is 6.73. The standard InChI is InChI=1S/C20H22ClF2N3O2S.CH4O/c1-28-19-16(21)12-15(18(27)24-13-5-3-6-14(11-13)29-2)17(25-19)26-9-4-7-20(22,23)8-10-26;1-2/h3,5-6,11-12H,4,7-10H2,1-2H3,(H,24,27);2H,1H3. The average molecular weight is 474 g/mol. The molecule has 31 heavy (non-hydrogen) atoms. The number of aliphatic hydroxyl groups excluding tert-OH is 1. The van der Waals surface area contributed by atoms with Crippen LogP contribution in [0.2, 0.25) is 5.02 Å². The molecule has 0 saturated carbocycles. The predicted molar refractivity (Wildman–Crippen MR) is 121 cm³/mol. The van der Waals surface area contributed by atoms with Crippen molar-refractivity contribution in [1.82, 2.24) is 4.98 Å². The van der Waals surface area contributed by atoms with E-state index in [0.29, 0.717) is 24.5 Å². The summed E-state index contributed by atoms with van der Waals surface area (Å²) in [6, 6.07) is 8.89. The highest BCUT2D eigenvalue weighted by atomic mass is 35.5. The molecule has 1 aliphatic rings. The van der Waals surface area contributed by atoms with Gasteiger partial charge in [0.25, 0.3) is 5.91 Å². The molecular formula is C21H26ClF2N3O3S. The van der Waals surface area contributed by atoms with Gasteiger partial charge in [-0.15, -0.1) is 11.8 Å². The SMILES string of the molecule is CO.COc1nc(N2CCCC(F)(F)CC2)c(C(=O)Nc2cccc(SC)c2)cc1Cl. The number of alkyl halides is 2. The molecule has 0 radical (unpaired) electrons. The summed E-state index contributed by atoms with van der Waals surface area (Å²) in [5.74, 6) is -2.68. The van der Waals surface area contributed by atoms with Crippen LogP contribution < -0.4 is 15.0 Å². The van der Waals surface area contributed by atoms with Crippen molar-refractivity contribution in [2.24, 2.45) is 0 Å². The third-order valence-electron chi connectivity index (χ3n) is 4.71. The van der Waals surface area contributed by atoms with Gasteiger partial charge < -0.3 is 20.1 Å². The number of carbonyl (C=O) groups is 1. The zero-order valence-corrected chi connectivity index (χ0v) is 19.2. The molecule has 2 aromatic rings. The minimum atomic E-state index is -2.72. The summed E-state index contributed by atoms with van der Waals surface area (Å²) in [5, 5.41) is 10.0. The first-order chi connectivity index (χ1) is 14.8. The fourth-order valence-corrected chi connectivity index (χ4v) is 3.88. The van der Waals surface area contributed by atoms with Gasteiger partial charge in [0.15, 0.2) is 0 Å². The van der Waals surface area contributed by atoms with Crippen LogP contribution in [0.25, 0.3) is 0 Å². The summed E-state index contributed by atoms with van der Waals surface area (Å²) in [4.78, 5) is 20.1. The summed E-state index contributed by atoms with van der Waals surface area (Å²) < 4.78 is 32.8. The van der Waals surface area contributed by atoms with Crippen LogP contribution in [-0.2, 0) is 0 Å². The number of hydrogen-bond donors (Lipinski definition) is 2. The quantitative estimate of drug-likeness (QED) is 0.598. The van der Waals surface area contributed by atoms with E-state index >= 15 is 0 Å². The maximum absolute atomic E-state index is 13.8. The van der Waals surface area contributed by atoms with Crippen molar-refractivity contribution in [2.75, 3.05) is 43.8 Å². The number of ether oxygens (including phenoxy) is 1. The van der Waals surface area contributed by atoms with Crippen molar-refractivity contribution in [3.8, 4) is 5.88 Å². The van der Waals surface area contributed by atoms with Crippen LogP contribution in [0, 0.1) is 0 Å². The number of aliphatic hydroxyl groups is 1. The molecule has 1 saturated heterocycles. The van der Waals surface area contributed by atoms with Crippen molar-refractivity contribution in [2.45, 2.75) is 30.1 Å². The molecule has 1 aromatic heterocycles. The number of nitrogens with one attached hydrogen (secondary N) is 1. The Balaban J connectivity index is 0.00000166. The van der Waals surface area contributed by atoms with E-state index in [4.69, 9.17) is 21.4 Å². The Kier molecular flexibility index (Phi) is 9.33. The lowest BCUT2D eigenvalue weighted by Crippen LogP contribution is -2.29. The molecular weight excluding hydrogens is 448 g/mol. The van der Waals surface area contributed by atoms with Crippen LogP contribution >= 0.6 is 23.4 Å². The smallest absolute Gasteiger partial charge is 0.259 e. The summed E-state index contributed by atoms with van der Waals surface area (Å²) in [7, 11) is 2.42. The fraction of sp³-hybridized carbons (Fsp3) is 0.429. The summed E-state index contributed by atoms with van der Waals surface area (Å²) in [6.07, 6.45) is 1.77. The Morgan fingerprint density at radius 3 is 2.71 bits per heavy atom. The molecule has 1 aromatic carbocycles. The summed E-state index contributed by atoms with van der Waals surface area (Å²) in [6.45, 7) is 0.461. The van der Waals surface area contributed by atoms with Crippen LogP contribution in [-0.4, -0.2) is 55.5 Å². The molecule has 0 aliphatic carbocycles. The average Bonchev–Trinajstić information content (AvgIpc) is 2.95. The normalized spacial score (nSPS) is 15.4. The lowest BCUT2D eigenvalue weighted by atomic mass is 10.1. The van der Waals surface area contributed by atoms with Crippen LogP contribution in [0.4, 0.5) is 20.3 Å². The van der Waals surface area contributed by atoms with Crippen molar-refractivity contribution >= 4 is 40.8 Å².